The Bertz CT molecular complexity index is 227. The topological polar surface area (TPSA) is 38.9 Å². The molecule has 0 amide bonds. The zero-order valence-electron chi connectivity index (χ0n) is 5.51. The molecule has 0 fully saturated rings. The minimum Gasteiger partial charge on any atom is -0.421 e. The summed E-state index contributed by atoms with van der Waals surface area (Å²) in [6, 6.07) is 0. The Morgan fingerprint density at radius 1 is 1.56 bits per heavy atom. The predicted octanol–water partition coefficient (Wildman–Crippen LogP) is 1.41. The average Bonchev–Trinajstić information content (AvgIpc) is 2.14. The van der Waals surface area contributed by atoms with E-state index in [-0.39, 0.29) is 0 Å². The smallest absolute Gasteiger partial charge is 0.242 e. The Morgan fingerprint density at radius 3 is 2.44 bits per heavy atom. The lowest BCUT2D eigenvalue weighted by molar-refractivity contribution is 0.506. The molecule has 0 aliphatic carbocycles. The molecular weight excluding hydrogens is 116 g/mol. The Hall–Kier alpha value is -1.12. The highest BCUT2D eigenvalue weighted by Gasteiger charge is 1.99. The zero-order valence-corrected chi connectivity index (χ0v) is 5.51. The van der Waals surface area contributed by atoms with Crippen molar-refractivity contribution in [2.24, 2.45) is 0 Å². The minimum atomic E-state index is 0.521. The Labute approximate surface area is 53.4 Å². The fourth-order valence-electron chi connectivity index (χ4n) is 0.469. The van der Waals surface area contributed by atoms with Crippen molar-refractivity contribution in [3.05, 3.63) is 18.4 Å². The van der Waals surface area contributed by atoms with Crippen LogP contribution in [0.15, 0.2) is 11.0 Å². The largest absolute Gasteiger partial charge is 0.421 e. The van der Waals surface area contributed by atoms with Crippen molar-refractivity contribution in [3.8, 4) is 0 Å². The van der Waals surface area contributed by atoms with Crippen LogP contribution in [0, 0.1) is 6.92 Å². The molecule has 0 radical (unpaired) electrons. The van der Waals surface area contributed by atoms with E-state index in [0.29, 0.717) is 11.8 Å². The predicted molar refractivity (Wildman–Crippen MR) is 33.7 cm³/mol. The van der Waals surface area contributed by atoms with Gasteiger partial charge in [-0.3, -0.25) is 0 Å². The third-order valence-electron chi connectivity index (χ3n) is 0.891. The Balaban J connectivity index is 2.98. The van der Waals surface area contributed by atoms with Crippen LogP contribution in [0.5, 0.6) is 0 Å². The molecule has 1 rings (SSSR count). The molecule has 1 aromatic heterocycles. The van der Waals surface area contributed by atoms with Gasteiger partial charge in [0.05, 0.1) is 0 Å². The standard InChI is InChI=1S/C6H8N2O/c1-4(2)6-8-7-5(3)9-6/h1H2,2-3H3. The summed E-state index contributed by atoms with van der Waals surface area (Å²) in [7, 11) is 0. The van der Waals surface area contributed by atoms with Crippen molar-refractivity contribution in [1.29, 1.82) is 0 Å². The van der Waals surface area contributed by atoms with Crippen LogP contribution in [0.1, 0.15) is 18.7 Å². The van der Waals surface area contributed by atoms with Gasteiger partial charge in [-0.25, -0.2) is 0 Å². The fraction of sp³-hybridized carbons (Fsp3) is 0.333. The van der Waals surface area contributed by atoms with Crippen LogP contribution in [-0.4, -0.2) is 10.2 Å². The van der Waals surface area contributed by atoms with Gasteiger partial charge in [0.15, 0.2) is 0 Å². The van der Waals surface area contributed by atoms with Crippen LogP contribution in [-0.2, 0) is 0 Å². The summed E-state index contributed by atoms with van der Waals surface area (Å²) in [5, 5.41) is 7.36. The van der Waals surface area contributed by atoms with E-state index in [2.05, 4.69) is 16.8 Å². The molecule has 1 aromatic rings. The van der Waals surface area contributed by atoms with Crippen molar-refractivity contribution in [2.45, 2.75) is 13.8 Å². The van der Waals surface area contributed by atoms with E-state index in [9.17, 15) is 0 Å². The minimum absolute atomic E-state index is 0.521. The number of hydrogen-bond donors (Lipinski definition) is 0. The first-order valence-electron chi connectivity index (χ1n) is 2.66. The average molecular weight is 124 g/mol. The molecule has 0 aromatic carbocycles. The second-order valence-corrected chi connectivity index (χ2v) is 1.91. The summed E-state index contributed by atoms with van der Waals surface area (Å²) < 4.78 is 5.02. The van der Waals surface area contributed by atoms with Gasteiger partial charge in [0.25, 0.3) is 0 Å². The number of aryl methyl sites for hydroxylation is 1. The monoisotopic (exact) mass is 124 g/mol. The molecule has 0 N–H and O–H groups in total. The van der Waals surface area contributed by atoms with Crippen LogP contribution in [0.2, 0.25) is 0 Å². The first-order chi connectivity index (χ1) is 4.20. The number of rotatable bonds is 1. The molecular formula is C6H8N2O. The molecule has 0 spiro atoms. The number of nitrogens with zero attached hydrogens (tertiary/aromatic N) is 2. The molecule has 0 bridgehead atoms. The van der Waals surface area contributed by atoms with Crippen molar-refractivity contribution in [2.75, 3.05) is 0 Å². The van der Waals surface area contributed by atoms with Gasteiger partial charge < -0.3 is 4.42 Å². The van der Waals surface area contributed by atoms with Crippen LogP contribution >= 0.6 is 0 Å². The molecule has 0 saturated carbocycles. The van der Waals surface area contributed by atoms with Crippen LogP contribution in [0.3, 0.4) is 0 Å². The summed E-state index contributed by atoms with van der Waals surface area (Å²) in [5.74, 6) is 1.10. The second-order valence-electron chi connectivity index (χ2n) is 1.91. The van der Waals surface area contributed by atoms with E-state index < -0.39 is 0 Å². The van der Waals surface area contributed by atoms with Gasteiger partial charge in [0.1, 0.15) is 0 Å². The highest BCUT2D eigenvalue weighted by molar-refractivity contribution is 5.51. The highest BCUT2D eigenvalue weighted by Crippen LogP contribution is 2.07. The fourth-order valence-corrected chi connectivity index (χ4v) is 0.469. The van der Waals surface area contributed by atoms with Gasteiger partial charge in [0, 0.05) is 12.5 Å². The molecule has 3 heteroatoms. The third kappa shape index (κ3) is 1.16. The molecule has 3 nitrogen and oxygen atoms in total. The number of allylic oxidation sites excluding steroid dienone is 1. The summed E-state index contributed by atoms with van der Waals surface area (Å²) in [5.41, 5.74) is 0.801. The van der Waals surface area contributed by atoms with Crippen molar-refractivity contribution in [1.82, 2.24) is 10.2 Å². The van der Waals surface area contributed by atoms with Crippen molar-refractivity contribution < 1.29 is 4.42 Å². The zero-order chi connectivity index (χ0) is 6.85. The molecule has 0 unspecified atom stereocenters. The molecule has 0 aliphatic rings. The van der Waals surface area contributed by atoms with E-state index >= 15 is 0 Å². The Morgan fingerprint density at radius 2 is 2.22 bits per heavy atom. The maximum Gasteiger partial charge on any atom is 0.242 e. The molecule has 1 heterocycles. The van der Waals surface area contributed by atoms with Crippen LogP contribution in [0.25, 0.3) is 5.57 Å². The lowest BCUT2D eigenvalue weighted by Crippen LogP contribution is -1.74. The lowest BCUT2D eigenvalue weighted by Gasteiger charge is -1.83. The summed E-state index contributed by atoms with van der Waals surface area (Å²) in [4.78, 5) is 0. The summed E-state index contributed by atoms with van der Waals surface area (Å²) in [6.07, 6.45) is 0. The highest BCUT2D eigenvalue weighted by atomic mass is 16.4. The number of aromatic nitrogens is 2. The van der Waals surface area contributed by atoms with E-state index in [1.165, 1.54) is 0 Å². The Kier molecular flexibility index (Phi) is 1.34. The van der Waals surface area contributed by atoms with Crippen LogP contribution in [0.4, 0.5) is 0 Å². The van der Waals surface area contributed by atoms with Gasteiger partial charge in [-0.05, 0) is 6.92 Å². The molecule has 0 aliphatic heterocycles. The van der Waals surface area contributed by atoms with Gasteiger partial charge in [-0.15, -0.1) is 10.2 Å². The van der Waals surface area contributed by atoms with E-state index in [0.717, 1.165) is 5.57 Å². The van der Waals surface area contributed by atoms with Gasteiger partial charge >= 0.3 is 0 Å². The van der Waals surface area contributed by atoms with E-state index in [1.54, 1.807) is 6.92 Å². The molecule has 0 atom stereocenters. The summed E-state index contributed by atoms with van der Waals surface area (Å²) >= 11 is 0. The van der Waals surface area contributed by atoms with Gasteiger partial charge in [0.2, 0.25) is 11.8 Å². The summed E-state index contributed by atoms with van der Waals surface area (Å²) in [6.45, 7) is 7.22. The first kappa shape index (κ1) is 6.01. The normalized spacial score (nSPS) is 9.56. The third-order valence-corrected chi connectivity index (χ3v) is 0.891. The first-order valence-corrected chi connectivity index (χ1v) is 2.66. The second kappa shape index (κ2) is 2.01. The van der Waals surface area contributed by atoms with Crippen molar-refractivity contribution in [3.63, 3.8) is 0 Å². The lowest BCUT2D eigenvalue weighted by atomic mass is 10.4. The quantitative estimate of drug-likeness (QED) is 0.568. The number of hydrogen-bond acceptors (Lipinski definition) is 3. The molecule has 9 heavy (non-hydrogen) atoms. The SMILES string of the molecule is C=C(C)c1nnc(C)o1. The maximum absolute atomic E-state index is 5.02. The maximum atomic E-state index is 5.02. The van der Waals surface area contributed by atoms with E-state index in [4.69, 9.17) is 4.42 Å². The molecule has 48 valence electrons. The molecule has 0 saturated heterocycles. The van der Waals surface area contributed by atoms with E-state index in [1.807, 2.05) is 6.92 Å². The van der Waals surface area contributed by atoms with Crippen molar-refractivity contribution >= 4 is 5.57 Å². The van der Waals surface area contributed by atoms with Crippen LogP contribution < -0.4 is 0 Å². The van der Waals surface area contributed by atoms with Gasteiger partial charge in [-0.2, -0.15) is 0 Å². The van der Waals surface area contributed by atoms with Gasteiger partial charge in [-0.1, -0.05) is 6.58 Å².